The third-order valence-corrected chi connectivity index (χ3v) is 3.95. The maximum atomic E-state index is 12.2. The zero-order valence-corrected chi connectivity index (χ0v) is 13.1. The van der Waals surface area contributed by atoms with Gasteiger partial charge in [0.1, 0.15) is 0 Å². The number of carbonyl (C=O) groups excluding carboxylic acids is 1. The minimum absolute atomic E-state index is 0.0852. The molecule has 0 saturated carbocycles. The van der Waals surface area contributed by atoms with E-state index in [1.807, 2.05) is 31.3 Å². The van der Waals surface area contributed by atoms with Gasteiger partial charge in [-0.2, -0.15) is 0 Å². The van der Waals surface area contributed by atoms with Gasteiger partial charge in [0.25, 0.3) is 0 Å². The summed E-state index contributed by atoms with van der Waals surface area (Å²) in [7, 11) is 1.82. The number of likely N-dealkylation sites (N-methyl/N-ethyl adjacent to an activating group) is 1. The highest BCUT2D eigenvalue weighted by molar-refractivity contribution is 5.89. The summed E-state index contributed by atoms with van der Waals surface area (Å²) >= 11 is 0. The molecule has 2 rings (SSSR count). The predicted molar refractivity (Wildman–Crippen MR) is 84.5 cm³/mol. The molecule has 2 N–H and O–H groups in total. The second-order valence-electron chi connectivity index (χ2n) is 5.46. The monoisotopic (exact) mass is 291 g/mol. The highest BCUT2D eigenvalue weighted by Gasteiger charge is 2.24. The Balaban J connectivity index is 1.91. The number of anilines is 1. The van der Waals surface area contributed by atoms with E-state index in [4.69, 9.17) is 4.74 Å². The van der Waals surface area contributed by atoms with Crippen LogP contribution in [-0.4, -0.2) is 43.8 Å². The number of carbonyl (C=O) groups is 1. The van der Waals surface area contributed by atoms with Gasteiger partial charge in [-0.3, -0.25) is 0 Å². The molecule has 0 spiro atoms. The molecule has 0 radical (unpaired) electrons. The van der Waals surface area contributed by atoms with E-state index in [1.165, 1.54) is 5.56 Å². The summed E-state index contributed by atoms with van der Waals surface area (Å²) in [5.41, 5.74) is 2.03. The molecular weight excluding hydrogens is 266 g/mol. The summed E-state index contributed by atoms with van der Waals surface area (Å²) < 4.78 is 5.32. The molecule has 1 saturated heterocycles. The Hall–Kier alpha value is -1.59. The number of ether oxygens (including phenoxy) is 1. The van der Waals surface area contributed by atoms with E-state index >= 15 is 0 Å². The molecule has 1 aromatic rings. The van der Waals surface area contributed by atoms with Gasteiger partial charge in [0, 0.05) is 25.4 Å². The van der Waals surface area contributed by atoms with Crippen molar-refractivity contribution in [2.75, 3.05) is 32.1 Å². The number of hydrogen-bond donors (Lipinski definition) is 2. The van der Waals surface area contributed by atoms with Crippen LogP contribution in [0.1, 0.15) is 31.9 Å². The lowest BCUT2D eigenvalue weighted by molar-refractivity contribution is 0.164. The Labute approximate surface area is 126 Å². The van der Waals surface area contributed by atoms with E-state index in [0.717, 1.165) is 25.3 Å². The van der Waals surface area contributed by atoms with Gasteiger partial charge >= 0.3 is 6.03 Å². The fraction of sp³-hybridized carbons (Fsp3) is 0.562. The first-order valence-electron chi connectivity index (χ1n) is 7.56. The van der Waals surface area contributed by atoms with Crippen molar-refractivity contribution in [1.29, 1.82) is 0 Å². The van der Waals surface area contributed by atoms with Gasteiger partial charge in [-0.1, -0.05) is 19.1 Å². The van der Waals surface area contributed by atoms with Crippen LogP contribution in [0.5, 0.6) is 0 Å². The summed E-state index contributed by atoms with van der Waals surface area (Å²) in [5, 5.41) is 6.30. The quantitative estimate of drug-likeness (QED) is 0.877. The van der Waals surface area contributed by atoms with Crippen LogP contribution in [0.25, 0.3) is 0 Å². The summed E-state index contributed by atoms with van der Waals surface area (Å²) in [5.74, 6) is 0. The zero-order valence-electron chi connectivity index (χ0n) is 13.1. The highest BCUT2D eigenvalue weighted by Crippen LogP contribution is 2.17. The van der Waals surface area contributed by atoms with Crippen LogP contribution in [0.4, 0.5) is 10.5 Å². The molecule has 116 valence electrons. The molecule has 5 nitrogen and oxygen atoms in total. The van der Waals surface area contributed by atoms with Crippen LogP contribution < -0.4 is 10.6 Å². The molecule has 0 aromatic heterocycles. The minimum Gasteiger partial charge on any atom is -0.379 e. The van der Waals surface area contributed by atoms with E-state index in [0.29, 0.717) is 12.6 Å². The fourth-order valence-electron chi connectivity index (χ4n) is 2.48. The number of amides is 2. The van der Waals surface area contributed by atoms with Gasteiger partial charge in [0.05, 0.1) is 12.6 Å². The number of hydrogen-bond acceptors (Lipinski definition) is 3. The summed E-state index contributed by atoms with van der Waals surface area (Å²) in [4.78, 5) is 13.9. The van der Waals surface area contributed by atoms with Gasteiger partial charge in [0.2, 0.25) is 0 Å². The summed E-state index contributed by atoms with van der Waals surface area (Å²) in [6.07, 6.45) is 0.906. The molecular formula is C16H25N3O2. The maximum absolute atomic E-state index is 12.2. The van der Waals surface area contributed by atoms with Crippen molar-refractivity contribution < 1.29 is 9.53 Å². The van der Waals surface area contributed by atoms with Crippen LogP contribution in [0.2, 0.25) is 0 Å². The molecule has 1 heterocycles. The SMILES string of the molecule is CCNC(C)c1ccc(NC(=O)N(C)C2CCOC2)cc1. The van der Waals surface area contributed by atoms with Gasteiger partial charge in [-0.05, 0) is 37.6 Å². The molecule has 2 unspecified atom stereocenters. The summed E-state index contributed by atoms with van der Waals surface area (Å²) in [6, 6.07) is 8.39. The van der Waals surface area contributed by atoms with E-state index in [2.05, 4.69) is 24.5 Å². The van der Waals surface area contributed by atoms with Crippen molar-refractivity contribution >= 4 is 11.7 Å². The van der Waals surface area contributed by atoms with Crippen molar-refractivity contribution in [2.24, 2.45) is 0 Å². The van der Waals surface area contributed by atoms with E-state index in [1.54, 1.807) is 4.90 Å². The Morgan fingerprint density at radius 2 is 2.14 bits per heavy atom. The average Bonchev–Trinajstić information content (AvgIpc) is 3.01. The minimum atomic E-state index is -0.0852. The number of rotatable bonds is 5. The van der Waals surface area contributed by atoms with Crippen LogP contribution in [-0.2, 0) is 4.74 Å². The molecule has 1 aliphatic rings. The largest absolute Gasteiger partial charge is 0.379 e. The van der Waals surface area contributed by atoms with Crippen LogP contribution in [0.15, 0.2) is 24.3 Å². The van der Waals surface area contributed by atoms with Crippen molar-refractivity contribution in [3.8, 4) is 0 Å². The topological polar surface area (TPSA) is 53.6 Å². The van der Waals surface area contributed by atoms with Gasteiger partial charge in [-0.25, -0.2) is 4.79 Å². The van der Waals surface area contributed by atoms with Gasteiger partial charge in [0.15, 0.2) is 0 Å². The summed E-state index contributed by atoms with van der Waals surface area (Å²) in [6.45, 7) is 6.52. The predicted octanol–water partition coefficient (Wildman–Crippen LogP) is 2.61. The normalized spacial score (nSPS) is 19.3. The first-order valence-corrected chi connectivity index (χ1v) is 7.56. The molecule has 1 fully saturated rings. The average molecular weight is 291 g/mol. The number of benzene rings is 1. The smallest absolute Gasteiger partial charge is 0.321 e. The third kappa shape index (κ3) is 4.19. The number of nitrogens with zero attached hydrogens (tertiary/aromatic N) is 1. The van der Waals surface area contributed by atoms with Crippen molar-refractivity contribution in [2.45, 2.75) is 32.4 Å². The first-order chi connectivity index (χ1) is 10.1. The number of urea groups is 1. The third-order valence-electron chi connectivity index (χ3n) is 3.95. The lowest BCUT2D eigenvalue weighted by atomic mass is 10.1. The fourth-order valence-corrected chi connectivity index (χ4v) is 2.48. The van der Waals surface area contributed by atoms with E-state index in [9.17, 15) is 4.79 Å². The second kappa shape index (κ2) is 7.43. The van der Waals surface area contributed by atoms with Crippen LogP contribution in [0, 0.1) is 0 Å². The van der Waals surface area contributed by atoms with Gasteiger partial charge in [-0.15, -0.1) is 0 Å². The lowest BCUT2D eigenvalue weighted by Gasteiger charge is -2.23. The number of nitrogens with one attached hydrogen (secondary N) is 2. The standard InChI is InChI=1S/C16H25N3O2/c1-4-17-12(2)13-5-7-14(8-6-13)18-16(20)19(3)15-9-10-21-11-15/h5-8,12,15,17H,4,9-11H2,1-3H3,(H,18,20). The highest BCUT2D eigenvalue weighted by atomic mass is 16.5. The van der Waals surface area contributed by atoms with Gasteiger partial charge < -0.3 is 20.3 Å². The molecule has 1 aromatic carbocycles. The van der Waals surface area contributed by atoms with E-state index in [-0.39, 0.29) is 12.1 Å². The van der Waals surface area contributed by atoms with Crippen molar-refractivity contribution in [3.63, 3.8) is 0 Å². The Bertz CT molecular complexity index is 455. The maximum Gasteiger partial charge on any atom is 0.321 e. The molecule has 5 heteroatoms. The molecule has 2 atom stereocenters. The Kier molecular flexibility index (Phi) is 5.59. The molecule has 2 amide bonds. The Morgan fingerprint density at radius 3 is 2.71 bits per heavy atom. The zero-order chi connectivity index (χ0) is 15.2. The van der Waals surface area contributed by atoms with Crippen molar-refractivity contribution in [3.05, 3.63) is 29.8 Å². The van der Waals surface area contributed by atoms with E-state index < -0.39 is 0 Å². The molecule has 1 aliphatic heterocycles. The van der Waals surface area contributed by atoms with Crippen LogP contribution in [0.3, 0.4) is 0 Å². The molecule has 0 bridgehead atoms. The second-order valence-corrected chi connectivity index (χ2v) is 5.46. The molecule has 0 aliphatic carbocycles. The Morgan fingerprint density at radius 1 is 1.43 bits per heavy atom. The lowest BCUT2D eigenvalue weighted by Crippen LogP contribution is -2.40. The van der Waals surface area contributed by atoms with Crippen LogP contribution >= 0.6 is 0 Å². The molecule has 21 heavy (non-hydrogen) atoms. The first kappa shape index (κ1) is 15.8. The van der Waals surface area contributed by atoms with Crippen molar-refractivity contribution in [1.82, 2.24) is 10.2 Å².